The zero-order chi connectivity index (χ0) is 15.9. The molecule has 22 heavy (non-hydrogen) atoms. The lowest BCUT2D eigenvalue weighted by atomic mass is 10.1. The molecule has 1 N–H and O–H groups in total. The Morgan fingerprint density at radius 3 is 2.50 bits per heavy atom. The molecule has 1 aliphatic heterocycles. The summed E-state index contributed by atoms with van der Waals surface area (Å²) in [5.41, 5.74) is 0.816. The molecular weight excluding hydrogens is 289 g/mol. The maximum atomic E-state index is 13.0. The fourth-order valence-electron chi connectivity index (χ4n) is 2.97. The van der Waals surface area contributed by atoms with E-state index in [2.05, 4.69) is 0 Å². The second kappa shape index (κ2) is 5.68. The molecule has 0 unspecified atom stereocenters. The predicted octanol–water partition coefficient (Wildman–Crippen LogP) is 1.83. The lowest BCUT2D eigenvalue weighted by Gasteiger charge is -2.37. The fraction of sp³-hybridized carbons (Fsp3) is 0.500. The first-order valence-electron chi connectivity index (χ1n) is 7.38. The third kappa shape index (κ3) is 2.97. The first kappa shape index (κ1) is 15.0. The Kier molecular flexibility index (Phi) is 3.87. The van der Waals surface area contributed by atoms with Gasteiger partial charge in [-0.05, 0) is 31.0 Å². The molecule has 0 radical (unpaired) electrons. The number of ether oxygens (including phenoxy) is 1. The topological polar surface area (TPSA) is 66.8 Å². The van der Waals surface area contributed by atoms with E-state index in [1.54, 1.807) is 17.0 Å². The SMILES string of the molecule is C[C@@H]1CN(C(=O)[C@@H]2C[C@H]2C(=O)O)C[C@@H](c2ccc(F)cc2)O1. The summed E-state index contributed by atoms with van der Waals surface area (Å²) in [5, 5.41) is 8.95. The molecule has 1 saturated heterocycles. The van der Waals surface area contributed by atoms with Crippen LogP contribution in [0.5, 0.6) is 0 Å². The second-order valence-electron chi connectivity index (χ2n) is 6.02. The summed E-state index contributed by atoms with van der Waals surface area (Å²) in [6, 6.07) is 6.03. The van der Waals surface area contributed by atoms with E-state index in [4.69, 9.17) is 9.84 Å². The average molecular weight is 307 g/mol. The van der Waals surface area contributed by atoms with Crippen LogP contribution in [0.3, 0.4) is 0 Å². The zero-order valence-electron chi connectivity index (χ0n) is 12.2. The van der Waals surface area contributed by atoms with E-state index in [-0.39, 0.29) is 23.9 Å². The van der Waals surface area contributed by atoms with Gasteiger partial charge in [0.25, 0.3) is 0 Å². The van der Waals surface area contributed by atoms with Crippen LogP contribution in [0.1, 0.15) is 25.0 Å². The number of carbonyl (C=O) groups is 2. The molecule has 1 amide bonds. The number of rotatable bonds is 3. The number of carboxylic acid groups (broad SMARTS) is 1. The Morgan fingerprint density at radius 2 is 1.91 bits per heavy atom. The van der Waals surface area contributed by atoms with Crippen LogP contribution in [0.25, 0.3) is 0 Å². The monoisotopic (exact) mass is 307 g/mol. The molecule has 118 valence electrons. The highest BCUT2D eigenvalue weighted by Gasteiger charge is 2.50. The summed E-state index contributed by atoms with van der Waals surface area (Å²) in [6.07, 6.45) is -0.0358. The molecule has 0 bridgehead atoms. The third-order valence-corrected chi connectivity index (χ3v) is 4.24. The predicted molar refractivity (Wildman–Crippen MR) is 75.5 cm³/mol. The van der Waals surface area contributed by atoms with Gasteiger partial charge in [-0.15, -0.1) is 0 Å². The molecule has 1 aromatic carbocycles. The summed E-state index contributed by atoms with van der Waals surface area (Å²) < 4.78 is 18.8. The molecule has 6 heteroatoms. The first-order chi connectivity index (χ1) is 10.5. The molecule has 2 fully saturated rings. The van der Waals surface area contributed by atoms with Crippen LogP contribution < -0.4 is 0 Å². The van der Waals surface area contributed by atoms with Crippen molar-refractivity contribution >= 4 is 11.9 Å². The number of hydrogen-bond acceptors (Lipinski definition) is 3. The van der Waals surface area contributed by atoms with E-state index in [0.29, 0.717) is 19.5 Å². The van der Waals surface area contributed by atoms with Gasteiger partial charge in [-0.3, -0.25) is 9.59 Å². The summed E-state index contributed by atoms with van der Waals surface area (Å²) >= 11 is 0. The number of nitrogens with zero attached hydrogens (tertiary/aromatic N) is 1. The van der Waals surface area contributed by atoms with Crippen molar-refractivity contribution < 1.29 is 23.8 Å². The van der Waals surface area contributed by atoms with Crippen molar-refractivity contribution in [1.82, 2.24) is 4.90 Å². The normalized spacial score (nSPS) is 30.9. The highest BCUT2D eigenvalue weighted by atomic mass is 19.1. The van der Waals surface area contributed by atoms with Crippen molar-refractivity contribution in [1.29, 1.82) is 0 Å². The Bertz CT molecular complexity index is 588. The van der Waals surface area contributed by atoms with Gasteiger partial charge in [-0.1, -0.05) is 12.1 Å². The van der Waals surface area contributed by atoms with Gasteiger partial charge in [0.15, 0.2) is 0 Å². The minimum atomic E-state index is -0.908. The molecular formula is C16H18FNO4. The summed E-state index contributed by atoms with van der Waals surface area (Å²) in [7, 11) is 0. The van der Waals surface area contributed by atoms with E-state index in [9.17, 15) is 14.0 Å². The Morgan fingerprint density at radius 1 is 1.23 bits per heavy atom. The van der Waals surface area contributed by atoms with Crippen LogP contribution >= 0.6 is 0 Å². The minimum absolute atomic E-state index is 0.116. The molecule has 0 spiro atoms. The van der Waals surface area contributed by atoms with Crippen LogP contribution in [-0.4, -0.2) is 41.1 Å². The smallest absolute Gasteiger partial charge is 0.307 e. The van der Waals surface area contributed by atoms with E-state index in [1.807, 2.05) is 6.92 Å². The van der Waals surface area contributed by atoms with Crippen LogP contribution in [0.4, 0.5) is 4.39 Å². The number of morpholine rings is 1. The van der Waals surface area contributed by atoms with Crippen LogP contribution in [0.15, 0.2) is 24.3 Å². The van der Waals surface area contributed by atoms with Crippen molar-refractivity contribution in [3.05, 3.63) is 35.6 Å². The van der Waals surface area contributed by atoms with Gasteiger partial charge >= 0.3 is 5.97 Å². The van der Waals surface area contributed by atoms with Crippen molar-refractivity contribution in [3.8, 4) is 0 Å². The number of aliphatic carboxylic acids is 1. The van der Waals surface area contributed by atoms with Gasteiger partial charge < -0.3 is 14.7 Å². The third-order valence-electron chi connectivity index (χ3n) is 4.24. The van der Waals surface area contributed by atoms with E-state index in [0.717, 1.165) is 5.56 Å². The highest BCUT2D eigenvalue weighted by molar-refractivity contribution is 5.89. The fourth-order valence-corrected chi connectivity index (χ4v) is 2.97. The van der Waals surface area contributed by atoms with Gasteiger partial charge in [-0.25, -0.2) is 4.39 Å². The van der Waals surface area contributed by atoms with Gasteiger partial charge in [0.1, 0.15) is 11.9 Å². The quantitative estimate of drug-likeness (QED) is 0.925. The molecule has 1 saturated carbocycles. The number of halogens is 1. The number of carbonyl (C=O) groups excluding carboxylic acids is 1. The number of benzene rings is 1. The molecule has 2 aliphatic rings. The van der Waals surface area contributed by atoms with Crippen LogP contribution in [-0.2, 0) is 14.3 Å². The van der Waals surface area contributed by atoms with Crippen molar-refractivity contribution in [2.24, 2.45) is 11.8 Å². The maximum absolute atomic E-state index is 13.0. The van der Waals surface area contributed by atoms with Gasteiger partial charge in [0, 0.05) is 6.54 Å². The molecule has 1 aromatic rings. The molecule has 4 atom stereocenters. The average Bonchev–Trinajstić information content (AvgIpc) is 3.27. The lowest BCUT2D eigenvalue weighted by molar-refractivity contribution is -0.149. The molecule has 0 aromatic heterocycles. The zero-order valence-corrected chi connectivity index (χ0v) is 12.2. The molecule has 1 aliphatic carbocycles. The minimum Gasteiger partial charge on any atom is -0.481 e. The van der Waals surface area contributed by atoms with Crippen molar-refractivity contribution in [2.45, 2.75) is 25.6 Å². The maximum Gasteiger partial charge on any atom is 0.307 e. The number of carboxylic acids is 1. The number of amides is 1. The van der Waals surface area contributed by atoms with E-state index in [1.165, 1.54) is 12.1 Å². The van der Waals surface area contributed by atoms with E-state index >= 15 is 0 Å². The summed E-state index contributed by atoms with van der Waals surface area (Å²) in [5.74, 6) is -2.29. The number of hydrogen-bond donors (Lipinski definition) is 1. The molecule has 3 rings (SSSR count). The highest BCUT2D eigenvalue weighted by Crippen LogP contribution is 2.41. The second-order valence-corrected chi connectivity index (χ2v) is 6.02. The van der Waals surface area contributed by atoms with Crippen molar-refractivity contribution in [3.63, 3.8) is 0 Å². The van der Waals surface area contributed by atoms with Gasteiger partial charge in [-0.2, -0.15) is 0 Å². The molecule has 5 nitrogen and oxygen atoms in total. The lowest BCUT2D eigenvalue weighted by Crippen LogP contribution is -2.46. The molecule has 1 heterocycles. The first-order valence-corrected chi connectivity index (χ1v) is 7.38. The van der Waals surface area contributed by atoms with Crippen LogP contribution in [0, 0.1) is 17.7 Å². The van der Waals surface area contributed by atoms with Gasteiger partial charge in [0.05, 0.1) is 24.5 Å². The van der Waals surface area contributed by atoms with E-state index < -0.39 is 17.8 Å². The standard InChI is InChI=1S/C16H18FNO4/c1-9-7-18(15(19)12-6-13(12)16(20)21)8-14(22-9)10-2-4-11(17)5-3-10/h2-5,9,12-14H,6-8H2,1H3,(H,20,21)/t9-,12-,13-,14+/m1/s1. The Balaban J connectivity index is 1.70. The van der Waals surface area contributed by atoms with Gasteiger partial charge in [0.2, 0.25) is 5.91 Å². The van der Waals surface area contributed by atoms with Crippen molar-refractivity contribution in [2.75, 3.05) is 13.1 Å². The Labute approximate surface area is 127 Å². The largest absolute Gasteiger partial charge is 0.481 e. The van der Waals surface area contributed by atoms with Crippen LogP contribution in [0.2, 0.25) is 0 Å². The Hall–Kier alpha value is -1.95. The summed E-state index contributed by atoms with van der Waals surface area (Å²) in [4.78, 5) is 25.0. The summed E-state index contributed by atoms with van der Waals surface area (Å²) in [6.45, 7) is 2.70.